The van der Waals surface area contributed by atoms with Crippen molar-refractivity contribution < 1.29 is 34.3 Å². The van der Waals surface area contributed by atoms with Crippen molar-refractivity contribution in [2.24, 2.45) is 40.4 Å². The van der Waals surface area contributed by atoms with Gasteiger partial charge in [0.25, 0.3) is 0 Å². The Hall–Kier alpha value is -0.520. The summed E-state index contributed by atoms with van der Waals surface area (Å²) in [6.07, 6.45) is 12.4. The van der Waals surface area contributed by atoms with Gasteiger partial charge in [0.1, 0.15) is 0 Å². The van der Waals surface area contributed by atoms with Gasteiger partial charge in [-0.05, 0) is 112 Å². The topological polar surface area (TPSA) is 127 Å². The predicted molar refractivity (Wildman–Crippen MR) is 141 cm³/mol. The third kappa shape index (κ3) is 6.30. The Morgan fingerprint density at radius 2 is 1.73 bits per heavy atom. The second-order valence-electron chi connectivity index (χ2n) is 13.5. The lowest BCUT2D eigenvalue weighted by atomic mass is 9.47. The van der Waals surface area contributed by atoms with E-state index < -0.39 is 32.5 Å². The molecule has 0 amide bonds. The molecule has 8 nitrogen and oxygen atoms in total. The Balaban J connectivity index is 1.41. The summed E-state index contributed by atoms with van der Waals surface area (Å²) in [4.78, 5) is 0. The highest BCUT2D eigenvalue weighted by Crippen LogP contribution is 2.67. The van der Waals surface area contributed by atoms with E-state index in [1.807, 2.05) is 0 Å². The first-order valence-corrected chi connectivity index (χ1v) is 16.7. The first-order valence-electron chi connectivity index (χ1n) is 14.0. The number of allylic oxidation sites excluding steroid dienone is 1. The fraction of sp³-hybridized carbons (Fsp3) is 0.926. The Morgan fingerprint density at radius 1 is 1.03 bits per heavy atom. The molecule has 3 fully saturated rings. The maximum absolute atomic E-state index is 11.3. The van der Waals surface area contributed by atoms with Crippen molar-refractivity contribution in [2.45, 2.75) is 117 Å². The Kier molecular flexibility index (Phi) is 8.08. The summed E-state index contributed by atoms with van der Waals surface area (Å²) >= 11 is 0. The summed E-state index contributed by atoms with van der Waals surface area (Å²) in [6, 6.07) is 0. The van der Waals surface area contributed by atoms with Crippen molar-refractivity contribution in [3.8, 4) is 0 Å². The van der Waals surface area contributed by atoms with E-state index in [4.69, 9.17) is 17.5 Å². The van der Waals surface area contributed by atoms with Gasteiger partial charge < -0.3 is 0 Å². The van der Waals surface area contributed by atoms with Gasteiger partial charge in [0.2, 0.25) is 0 Å². The first-order chi connectivity index (χ1) is 16.9. The summed E-state index contributed by atoms with van der Waals surface area (Å²) in [5.41, 5.74) is 0.773. The second kappa shape index (κ2) is 10.1. The van der Waals surface area contributed by atoms with E-state index >= 15 is 0 Å². The number of hydrogen-bond donors (Lipinski definition) is 2. The van der Waals surface area contributed by atoms with Crippen LogP contribution in [0.5, 0.6) is 0 Å². The monoisotopic (exact) mass is 562 g/mol. The third-order valence-electron chi connectivity index (χ3n) is 10.8. The molecule has 0 aromatic rings. The van der Waals surface area contributed by atoms with Crippen LogP contribution in [0.15, 0.2) is 11.6 Å². The molecule has 4 aliphatic rings. The van der Waals surface area contributed by atoms with Crippen molar-refractivity contribution in [1.29, 1.82) is 0 Å². The van der Waals surface area contributed by atoms with Crippen molar-refractivity contribution in [3.05, 3.63) is 11.6 Å². The Labute approximate surface area is 223 Å². The Morgan fingerprint density at radius 3 is 2.38 bits per heavy atom. The number of rotatable bonds is 9. The molecule has 6 unspecified atom stereocenters. The lowest BCUT2D eigenvalue weighted by molar-refractivity contribution is -0.0562. The van der Waals surface area contributed by atoms with Gasteiger partial charge in [-0.2, -0.15) is 16.8 Å². The minimum Gasteiger partial charge on any atom is -0.264 e. The van der Waals surface area contributed by atoms with Crippen LogP contribution in [0, 0.1) is 40.4 Å². The summed E-state index contributed by atoms with van der Waals surface area (Å²) in [5, 5.41) is 0. The van der Waals surface area contributed by atoms with Crippen molar-refractivity contribution >= 4 is 20.8 Å². The summed E-state index contributed by atoms with van der Waals surface area (Å²) in [5.74, 6) is 3.10. The summed E-state index contributed by atoms with van der Waals surface area (Å²) < 4.78 is 72.8. The summed E-state index contributed by atoms with van der Waals surface area (Å²) in [6.45, 7) is 10.6. The maximum atomic E-state index is 11.3. The highest BCUT2D eigenvalue weighted by molar-refractivity contribution is 7.81. The maximum Gasteiger partial charge on any atom is 0.397 e. The van der Waals surface area contributed by atoms with E-state index in [1.165, 1.54) is 31.3 Å². The van der Waals surface area contributed by atoms with Crippen LogP contribution >= 0.6 is 0 Å². The minimum atomic E-state index is -4.46. The average Bonchev–Trinajstić information content (AvgIpc) is 3.08. The molecule has 37 heavy (non-hydrogen) atoms. The molecule has 3 saturated carbocycles. The highest BCUT2D eigenvalue weighted by Gasteiger charge is 2.59. The molecule has 0 bridgehead atoms. The standard InChI is InChI=1S/C27H46O8S2/c1-18(7-6-14-25(2,3)35-37(31,32)33)22-10-11-23-21-9-8-19-17-20(34-36(28,29)30)12-15-26(19,4)24(21)13-16-27(22,23)5/h8,18,20-24H,6-7,9-17H2,1-5H3,(H,28,29,30)(H,31,32,33)/t18-,20+,21?,22?,23?,24?,26?,27?/m1/s1. The van der Waals surface area contributed by atoms with E-state index in [1.54, 1.807) is 13.8 Å². The zero-order chi connectivity index (χ0) is 27.4. The van der Waals surface area contributed by atoms with Gasteiger partial charge in [-0.1, -0.05) is 45.3 Å². The van der Waals surface area contributed by atoms with E-state index in [-0.39, 0.29) is 5.41 Å². The molecule has 10 heteroatoms. The predicted octanol–water partition coefficient (Wildman–Crippen LogP) is 6.16. The molecular weight excluding hydrogens is 516 g/mol. The second-order valence-corrected chi connectivity index (χ2v) is 15.6. The van der Waals surface area contributed by atoms with Gasteiger partial charge in [0.15, 0.2) is 0 Å². The van der Waals surface area contributed by atoms with Gasteiger partial charge in [0.05, 0.1) is 11.7 Å². The molecular formula is C27H46O8S2. The molecule has 0 radical (unpaired) electrons. The van der Waals surface area contributed by atoms with Gasteiger partial charge in [0, 0.05) is 0 Å². The van der Waals surface area contributed by atoms with Crippen molar-refractivity contribution in [3.63, 3.8) is 0 Å². The quantitative estimate of drug-likeness (QED) is 0.253. The zero-order valence-corrected chi connectivity index (χ0v) is 24.6. The molecule has 0 aromatic carbocycles. The molecule has 0 aliphatic heterocycles. The lowest BCUT2D eigenvalue weighted by Crippen LogP contribution is -2.51. The zero-order valence-electron chi connectivity index (χ0n) is 23.0. The molecule has 8 atom stereocenters. The van der Waals surface area contributed by atoms with Crippen LogP contribution in [0.25, 0.3) is 0 Å². The molecule has 4 aliphatic carbocycles. The van der Waals surface area contributed by atoms with Crippen LogP contribution < -0.4 is 0 Å². The average molecular weight is 563 g/mol. The number of fused-ring (bicyclic) bond motifs is 5. The van der Waals surface area contributed by atoms with Gasteiger partial charge in [-0.25, -0.2) is 8.37 Å². The van der Waals surface area contributed by atoms with Crippen LogP contribution in [-0.4, -0.2) is 37.6 Å². The fourth-order valence-electron chi connectivity index (χ4n) is 9.23. The molecule has 0 heterocycles. The third-order valence-corrected chi connectivity index (χ3v) is 12.0. The van der Waals surface area contributed by atoms with E-state index in [2.05, 4.69) is 26.8 Å². The fourth-order valence-corrected chi connectivity index (χ4v) is 10.4. The van der Waals surface area contributed by atoms with Gasteiger partial charge in [-0.15, -0.1) is 0 Å². The summed E-state index contributed by atoms with van der Waals surface area (Å²) in [7, 11) is -8.89. The largest absolute Gasteiger partial charge is 0.397 e. The van der Waals surface area contributed by atoms with Crippen LogP contribution in [0.2, 0.25) is 0 Å². The first kappa shape index (κ1) is 29.5. The van der Waals surface area contributed by atoms with Crippen LogP contribution in [0.4, 0.5) is 0 Å². The highest BCUT2D eigenvalue weighted by atomic mass is 32.3. The van der Waals surface area contributed by atoms with Crippen LogP contribution in [-0.2, 0) is 29.2 Å². The van der Waals surface area contributed by atoms with E-state index in [9.17, 15) is 16.8 Å². The lowest BCUT2D eigenvalue weighted by Gasteiger charge is -2.58. The molecule has 0 spiro atoms. The molecule has 0 aromatic heterocycles. The smallest absolute Gasteiger partial charge is 0.264 e. The van der Waals surface area contributed by atoms with Gasteiger partial charge in [-0.3, -0.25) is 9.11 Å². The molecule has 0 saturated heterocycles. The SMILES string of the molecule is C[C@H](CCCC(C)(C)OS(=O)(=O)O)C1CCC2C3CC=C4C[C@@H](OS(=O)(=O)O)CCC4(C)C3CCC21C. The van der Waals surface area contributed by atoms with E-state index in [0.717, 1.165) is 25.7 Å². The van der Waals surface area contributed by atoms with Crippen LogP contribution in [0.1, 0.15) is 105 Å². The van der Waals surface area contributed by atoms with Crippen LogP contribution in [0.3, 0.4) is 0 Å². The normalized spacial score (nSPS) is 39.3. The van der Waals surface area contributed by atoms with Gasteiger partial charge >= 0.3 is 20.8 Å². The molecule has 2 N–H and O–H groups in total. The minimum absolute atomic E-state index is 0.0751. The van der Waals surface area contributed by atoms with E-state index in [0.29, 0.717) is 54.3 Å². The Bertz CT molecular complexity index is 1100. The molecule has 214 valence electrons. The van der Waals surface area contributed by atoms with Crippen molar-refractivity contribution in [1.82, 2.24) is 0 Å². The van der Waals surface area contributed by atoms with Crippen molar-refractivity contribution in [2.75, 3.05) is 0 Å². The number of hydrogen-bond acceptors (Lipinski definition) is 6. The molecule has 4 rings (SSSR count).